The molecule has 0 spiro atoms. The minimum atomic E-state index is -0.672. The van der Waals surface area contributed by atoms with E-state index in [1.165, 1.54) is 12.1 Å². The minimum absolute atomic E-state index is 0.0756. The second-order valence-electron chi connectivity index (χ2n) is 6.04. The zero-order valence-electron chi connectivity index (χ0n) is 13.8. The molecule has 0 aromatic heterocycles. The number of rotatable bonds is 4. The van der Waals surface area contributed by atoms with Gasteiger partial charge in [0.15, 0.2) is 12.4 Å². The summed E-state index contributed by atoms with van der Waals surface area (Å²) in [6.45, 7) is 3.25. The maximum absolute atomic E-state index is 13.9. The van der Waals surface area contributed by atoms with E-state index >= 15 is 0 Å². The lowest BCUT2D eigenvalue weighted by Gasteiger charge is -2.11. The largest absolute Gasteiger partial charge is 0.482 e. The predicted octanol–water partition coefficient (Wildman–Crippen LogP) is 4.46. The van der Waals surface area contributed by atoms with Gasteiger partial charge in [-0.3, -0.25) is 4.79 Å². The molecule has 4 nitrogen and oxygen atoms in total. The molecule has 0 amide bonds. The summed E-state index contributed by atoms with van der Waals surface area (Å²) in [6.07, 6.45) is 0.210. The molecule has 1 atom stereocenters. The normalized spacial score (nSPS) is 15.8. The van der Waals surface area contributed by atoms with Crippen LogP contribution in [-0.4, -0.2) is 18.4 Å². The Balaban J connectivity index is 1.72. The Morgan fingerprint density at radius 2 is 2.08 bits per heavy atom. The molecule has 0 heterocycles. The molecule has 0 N–H and O–H groups in total. The van der Waals surface area contributed by atoms with E-state index in [-0.39, 0.29) is 36.0 Å². The minimum Gasteiger partial charge on any atom is -0.482 e. The van der Waals surface area contributed by atoms with Gasteiger partial charge in [0.25, 0.3) is 0 Å². The summed E-state index contributed by atoms with van der Waals surface area (Å²) in [4.78, 5) is 24.1. The van der Waals surface area contributed by atoms with Crippen molar-refractivity contribution in [2.75, 3.05) is 6.61 Å². The summed E-state index contributed by atoms with van der Waals surface area (Å²) in [5, 5.41) is 0.601. The van der Waals surface area contributed by atoms with Crippen LogP contribution in [0.1, 0.15) is 40.7 Å². The maximum Gasteiger partial charge on any atom is 0.349 e. The number of aryl methyl sites for hydroxylation is 1. The molecule has 2 aromatic rings. The van der Waals surface area contributed by atoms with Gasteiger partial charge in [0, 0.05) is 17.0 Å². The van der Waals surface area contributed by atoms with Crippen molar-refractivity contribution in [3.8, 4) is 11.5 Å². The van der Waals surface area contributed by atoms with Crippen LogP contribution < -0.4 is 9.47 Å². The van der Waals surface area contributed by atoms with Gasteiger partial charge in [-0.15, -0.1) is 0 Å². The van der Waals surface area contributed by atoms with Gasteiger partial charge < -0.3 is 9.47 Å². The van der Waals surface area contributed by atoms with Crippen LogP contribution in [-0.2, 0) is 4.79 Å². The zero-order valence-corrected chi connectivity index (χ0v) is 14.5. The molecule has 130 valence electrons. The van der Waals surface area contributed by atoms with Crippen LogP contribution in [0.5, 0.6) is 11.5 Å². The molecule has 1 unspecified atom stereocenters. The fourth-order valence-electron chi connectivity index (χ4n) is 2.91. The Kier molecular flexibility index (Phi) is 4.77. The highest BCUT2D eigenvalue weighted by atomic mass is 35.5. The first-order valence-corrected chi connectivity index (χ1v) is 8.20. The van der Waals surface area contributed by atoms with Crippen molar-refractivity contribution < 1.29 is 23.5 Å². The summed E-state index contributed by atoms with van der Waals surface area (Å²) in [5.41, 5.74) is 1.29. The smallest absolute Gasteiger partial charge is 0.349 e. The van der Waals surface area contributed by atoms with Crippen LogP contribution >= 0.6 is 11.6 Å². The van der Waals surface area contributed by atoms with Crippen molar-refractivity contribution in [1.29, 1.82) is 0 Å². The zero-order chi connectivity index (χ0) is 18.1. The van der Waals surface area contributed by atoms with Gasteiger partial charge in [-0.1, -0.05) is 18.5 Å². The number of carbonyl (C=O) groups is 2. The van der Waals surface area contributed by atoms with Crippen LogP contribution in [0.2, 0.25) is 5.02 Å². The van der Waals surface area contributed by atoms with Crippen molar-refractivity contribution >= 4 is 23.4 Å². The molecular formula is C19H16ClFO4. The Bertz CT molecular complexity index is 863. The third-order valence-electron chi connectivity index (χ3n) is 4.13. The molecule has 0 saturated carbocycles. The topological polar surface area (TPSA) is 52.6 Å². The number of esters is 1. The summed E-state index contributed by atoms with van der Waals surface area (Å²) in [6, 6.07) is 7.53. The van der Waals surface area contributed by atoms with E-state index in [0.717, 1.165) is 5.56 Å². The van der Waals surface area contributed by atoms with E-state index in [0.29, 0.717) is 16.3 Å². The molecule has 25 heavy (non-hydrogen) atoms. The van der Waals surface area contributed by atoms with Gasteiger partial charge in [-0.25, -0.2) is 9.18 Å². The van der Waals surface area contributed by atoms with Gasteiger partial charge in [0.1, 0.15) is 17.3 Å². The molecule has 0 fully saturated rings. The lowest BCUT2D eigenvalue weighted by Crippen LogP contribution is -2.19. The first-order chi connectivity index (χ1) is 11.9. The molecule has 0 radical (unpaired) electrons. The number of Topliss-reactive ketones (excluding diaryl/α,β-unsaturated/α-hetero) is 1. The summed E-state index contributed by atoms with van der Waals surface area (Å²) in [7, 11) is 0. The highest BCUT2D eigenvalue weighted by molar-refractivity contribution is 6.31. The van der Waals surface area contributed by atoms with Crippen molar-refractivity contribution in [2.45, 2.75) is 26.2 Å². The van der Waals surface area contributed by atoms with E-state index in [2.05, 4.69) is 0 Å². The highest BCUT2D eigenvalue weighted by Gasteiger charge is 2.33. The van der Waals surface area contributed by atoms with Crippen molar-refractivity contribution in [2.24, 2.45) is 0 Å². The summed E-state index contributed by atoms with van der Waals surface area (Å²) in [5.74, 6) is -1.03. The quantitative estimate of drug-likeness (QED) is 0.595. The average Bonchev–Trinajstić information content (AvgIpc) is 2.87. The lowest BCUT2D eigenvalue weighted by molar-refractivity contribution is -0.136. The number of hydrogen-bond acceptors (Lipinski definition) is 4. The first kappa shape index (κ1) is 17.4. The van der Waals surface area contributed by atoms with Crippen LogP contribution in [0.3, 0.4) is 0 Å². The SMILES string of the molecule is Cc1cc(OCC(=O)Oc2ccc(F)c3c2C(=O)CC3C)ccc1Cl. The Morgan fingerprint density at radius 1 is 1.32 bits per heavy atom. The Hall–Kier alpha value is -2.40. The maximum atomic E-state index is 13.9. The second-order valence-corrected chi connectivity index (χ2v) is 6.44. The third-order valence-corrected chi connectivity index (χ3v) is 4.55. The fourth-order valence-corrected chi connectivity index (χ4v) is 3.03. The number of hydrogen-bond donors (Lipinski definition) is 0. The molecule has 3 rings (SSSR count). The molecule has 2 aromatic carbocycles. The monoisotopic (exact) mass is 362 g/mol. The average molecular weight is 363 g/mol. The number of halogens is 2. The summed E-state index contributed by atoms with van der Waals surface area (Å²) >= 11 is 5.93. The van der Waals surface area contributed by atoms with Crippen LogP contribution in [0.15, 0.2) is 30.3 Å². The van der Waals surface area contributed by atoms with Crippen molar-refractivity contribution in [3.05, 3.63) is 57.9 Å². The Morgan fingerprint density at radius 3 is 2.80 bits per heavy atom. The third kappa shape index (κ3) is 3.51. The highest BCUT2D eigenvalue weighted by Crippen LogP contribution is 2.39. The molecule has 0 bridgehead atoms. The summed E-state index contributed by atoms with van der Waals surface area (Å²) < 4.78 is 24.5. The van der Waals surface area contributed by atoms with Gasteiger partial charge in [-0.05, 0) is 48.7 Å². The number of ether oxygens (including phenoxy) is 2. The van der Waals surface area contributed by atoms with Crippen LogP contribution in [0.4, 0.5) is 4.39 Å². The number of ketones is 1. The van der Waals surface area contributed by atoms with Crippen LogP contribution in [0, 0.1) is 12.7 Å². The number of benzene rings is 2. The molecular weight excluding hydrogens is 347 g/mol. The van der Waals surface area contributed by atoms with Gasteiger partial charge >= 0.3 is 5.97 Å². The van der Waals surface area contributed by atoms with E-state index < -0.39 is 11.8 Å². The van der Waals surface area contributed by atoms with Gasteiger partial charge in [0.2, 0.25) is 0 Å². The molecule has 0 saturated heterocycles. The number of carbonyl (C=O) groups excluding carboxylic acids is 2. The van der Waals surface area contributed by atoms with Crippen molar-refractivity contribution in [3.63, 3.8) is 0 Å². The predicted molar refractivity (Wildman–Crippen MR) is 91.1 cm³/mol. The Labute approximate surface area is 149 Å². The molecule has 0 aliphatic heterocycles. The van der Waals surface area contributed by atoms with Gasteiger partial charge in [0.05, 0.1) is 5.56 Å². The van der Waals surface area contributed by atoms with E-state index in [1.807, 2.05) is 6.92 Å². The van der Waals surface area contributed by atoms with E-state index in [1.54, 1.807) is 25.1 Å². The first-order valence-electron chi connectivity index (χ1n) is 7.82. The van der Waals surface area contributed by atoms with Crippen LogP contribution in [0.25, 0.3) is 0 Å². The lowest BCUT2D eigenvalue weighted by atomic mass is 10.0. The van der Waals surface area contributed by atoms with E-state index in [4.69, 9.17) is 21.1 Å². The standard InChI is InChI=1S/C19H16ClFO4/c1-10-7-12(3-4-13(10)20)24-9-17(23)25-16-6-5-14(21)18-11(2)8-15(22)19(16)18/h3-7,11H,8-9H2,1-2H3. The fraction of sp³-hybridized carbons (Fsp3) is 0.263. The molecule has 1 aliphatic rings. The second kappa shape index (κ2) is 6.84. The number of fused-ring (bicyclic) bond motifs is 1. The van der Waals surface area contributed by atoms with Crippen molar-refractivity contribution in [1.82, 2.24) is 0 Å². The molecule has 1 aliphatic carbocycles. The molecule has 6 heteroatoms. The van der Waals surface area contributed by atoms with E-state index in [9.17, 15) is 14.0 Å². The van der Waals surface area contributed by atoms with Gasteiger partial charge in [-0.2, -0.15) is 0 Å².